The Morgan fingerprint density at radius 3 is 2.84 bits per heavy atom. The fourth-order valence-electron chi connectivity index (χ4n) is 4.55. The SMILES string of the molecule is CCC(C)n1cc2c(n1)C(=O)CC1(CCN(C(=O)c3ccc4n[nH]c(C)c4c3)CC1)O2. The number of likely N-dealkylation sites (tertiary alicyclic amines) is 1. The number of rotatable bonds is 3. The van der Waals surface area contributed by atoms with Gasteiger partial charge in [-0.05, 0) is 38.5 Å². The summed E-state index contributed by atoms with van der Waals surface area (Å²) >= 11 is 0. The van der Waals surface area contributed by atoms with Crippen molar-refractivity contribution in [2.75, 3.05) is 13.1 Å². The molecule has 1 unspecified atom stereocenters. The van der Waals surface area contributed by atoms with Crippen molar-refractivity contribution in [3.63, 3.8) is 0 Å². The van der Waals surface area contributed by atoms with Gasteiger partial charge in [-0.15, -0.1) is 0 Å². The van der Waals surface area contributed by atoms with Crippen LogP contribution in [0.3, 0.4) is 0 Å². The van der Waals surface area contributed by atoms with Crippen LogP contribution < -0.4 is 4.74 Å². The Bertz CT molecular complexity index is 1170. The number of hydrogen-bond donors (Lipinski definition) is 1. The van der Waals surface area contributed by atoms with Gasteiger partial charge in [0.25, 0.3) is 5.91 Å². The molecule has 1 amide bonds. The molecule has 2 aromatic heterocycles. The summed E-state index contributed by atoms with van der Waals surface area (Å²) in [6, 6.07) is 5.81. The number of carbonyl (C=O) groups excluding carboxylic acids is 2. The number of aromatic amines is 1. The number of benzene rings is 1. The summed E-state index contributed by atoms with van der Waals surface area (Å²) in [4.78, 5) is 27.8. The van der Waals surface area contributed by atoms with Crippen LogP contribution in [0.2, 0.25) is 0 Å². The number of aromatic nitrogens is 4. The zero-order valence-electron chi connectivity index (χ0n) is 18.1. The molecule has 2 aliphatic heterocycles. The summed E-state index contributed by atoms with van der Waals surface area (Å²) in [5.41, 5.74) is 2.36. The van der Waals surface area contributed by atoms with Gasteiger partial charge >= 0.3 is 0 Å². The Balaban J connectivity index is 1.31. The van der Waals surface area contributed by atoms with Crippen molar-refractivity contribution in [3.05, 3.63) is 41.3 Å². The number of piperidine rings is 1. The van der Waals surface area contributed by atoms with Crippen molar-refractivity contribution in [2.45, 2.75) is 58.1 Å². The number of amides is 1. The van der Waals surface area contributed by atoms with E-state index in [4.69, 9.17) is 4.74 Å². The van der Waals surface area contributed by atoms with Crippen LogP contribution in [0, 0.1) is 6.92 Å². The van der Waals surface area contributed by atoms with Crippen LogP contribution in [0.5, 0.6) is 5.75 Å². The molecule has 0 aliphatic carbocycles. The number of aryl methyl sites for hydroxylation is 1. The van der Waals surface area contributed by atoms with Crippen LogP contribution in [0.25, 0.3) is 10.9 Å². The summed E-state index contributed by atoms with van der Waals surface area (Å²) in [6.45, 7) is 7.23. The first-order valence-electron chi connectivity index (χ1n) is 10.9. The van der Waals surface area contributed by atoms with Gasteiger partial charge in [0.2, 0.25) is 0 Å². The van der Waals surface area contributed by atoms with E-state index in [9.17, 15) is 9.59 Å². The molecule has 1 aromatic carbocycles. The molecule has 8 heteroatoms. The standard InChI is InChI=1S/C23H27N5O3/c1-4-14(2)28-13-20-21(26-28)19(29)12-23(31-20)7-9-27(10-8-23)22(30)16-5-6-18-17(11-16)15(3)24-25-18/h5-6,11,13-14H,4,7-10,12H2,1-3H3,(H,24,25). The summed E-state index contributed by atoms with van der Waals surface area (Å²) < 4.78 is 8.18. The van der Waals surface area contributed by atoms with E-state index in [1.165, 1.54) is 0 Å². The molecule has 31 heavy (non-hydrogen) atoms. The number of ether oxygens (including phenoxy) is 1. The number of H-pyrrole nitrogens is 1. The Morgan fingerprint density at radius 2 is 2.10 bits per heavy atom. The summed E-state index contributed by atoms with van der Waals surface area (Å²) in [5.74, 6) is 0.617. The lowest BCUT2D eigenvalue weighted by Crippen LogP contribution is -2.52. The third-order valence-electron chi connectivity index (χ3n) is 6.77. The minimum absolute atomic E-state index is 0.00441. The lowest BCUT2D eigenvalue weighted by atomic mass is 9.83. The first-order chi connectivity index (χ1) is 14.9. The van der Waals surface area contributed by atoms with Crippen molar-refractivity contribution >= 4 is 22.6 Å². The highest BCUT2D eigenvalue weighted by Gasteiger charge is 2.45. The minimum Gasteiger partial charge on any atom is -0.483 e. The highest BCUT2D eigenvalue weighted by molar-refractivity contribution is 5.99. The third kappa shape index (κ3) is 3.30. The number of carbonyl (C=O) groups is 2. The van der Waals surface area contributed by atoms with Crippen molar-refractivity contribution in [1.82, 2.24) is 24.9 Å². The van der Waals surface area contributed by atoms with E-state index < -0.39 is 5.60 Å². The van der Waals surface area contributed by atoms with Gasteiger partial charge in [-0.1, -0.05) is 6.92 Å². The second-order valence-corrected chi connectivity index (χ2v) is 8.84. The summed E-state index contributed by atoms with van der Waals surface area (Å²) in [6.07, 6.45) is 4.36. The molecule has 2 aliphatic rings. The molecule has 0 radical (unpaired) electrons. The van der Waals surface area contributed by atoms with E-state index in [-0.39, 0.29) is 17.7 Å². The van der Waals surface area contributed by atoms with Crippen LogP contribution in [0.1, 0.15) is 72.1 Å². The van der Waals surface area contributed by atoms with E-state index >= 15 is 0 Å². The lowest BCUT2D eigenvalue weighted by molar-refractivity contribution is -0.00583. The minimum atomic E-state index is -0.546. The molecule has 5 rings (SSSR count). The van der Waals surface area contributed by atoms with Gasteiger partial charge < -0.3 is 9.64 Å². The van der Waals surface area contributed by atoms with E-state index in [1.54, 1.807) is 0 Å². The van der Waals surface area contributed by atoms with Gasteiger partial charge in [0.05, 0.1) is 18.1 Å². The maximum Gasteiger partial charge on any atom is 0.253 e. The molecular formula is C23H27N5O3. The van der Waals surface area contributed by atoms with Crippen molar-refractivity contribution in [2.24, 2.45) is 0 Å². The van der Waals surface area contributed by atoms with Gasteiger partial charge in [-0.2, -0.15) is 10.2 Å². The molecule has 4 heterocycles. The second kappa shape index (κ2) is 7.21. The number of nitrogens with one attached hydrogen (secondary N) is 1. The highest BCUT2D eigenvalue weighted by atomic mass is 16.5. The fraction of sp³-hybridized carbons (Fsp3) is 0.478. The molecular weight excluding hydrogens is 394 g/mol. The van der Waals surface area contributed by atoms with Crippen LogP contribution in [-0.2, 0) is 0 Å². The van der Waals surface area contributed by atoms with Gasteiger partial charge in [0.1, 0.15) is 5.60 Å². The molecule has 8 nitrogen and oxygen atoms in total. The largest absolute Gasteiger partial charge is 0.483 e. The fourth-order valence-corrected chi connectivity index (χ4v) is 4.55. The average molecular weight is 422 g/mol. The monoisotopic (exact) mass is 421 g/mol. The lowest BCUT2D eigenvalue weighted by Gasteiger charge is -2.43. The first kappa shape index (κ1) is 19.8. The smallest absolute Gasteiger partial charge is 0.253 e. The van der Waals surface area contributed by atoms with Gasteiger partial charge in [-0.25, -0.2) is 0 Å². The maximum absolute atomic E-state index is 13.1. The van der Waals surface area contributed by atoms with Gasteiger partial charge in [0.15, 0.2) is 17.2 Å². The zero-order chi connectivity index (χ0) is 21.8. The Morgan fingerprint density at radius 1 is 1.32 bits per heavy atom. The van der Waals surface area contributed by atoms with Gasteiger partial charge in [-0.3, -0.25) is 19.4 Å². The van der Waals surface area contributed by atoms with E-state index in [2.05, 4.69) is 29.1 Å². The van der Waals surface area contributed by atoms with Crippen molar-refractivity contribution in [1.29, 1.82) is 0 Å². The van der Waals surface area contributed by atoms with E-state index in [0.29, 0.717) is 49.4 Å². The number of nitrogens with zero attached hydrogens (tertiary/aromatic N) is 4. The molecule has 1 fully saturated rings. The predicted octanol–water partition coefficient (Wildman–Crippen LogP) is 3.68. The molecule has 1 spiro atoms. The Kier molecular flexibility index (Phi) is 4.60. The maximum atomic E-state index is 13.1. The number of ketones is 1. The number of Topliss-reactive ketones (excluding diaryl/α,β-unsaturated/α-hetero) is 1. The molecule has 162 valence electrons. The third-order valence-corrected chi connectivity index (χ3v) is 6.77. The topological polar surface area (TPSA) is 93.1 Å². The summed E-state index contributed by atoms with van der Waals surface area (Å²) in [5, 5.41) is 12.6. The van der Waals surface area contributed by atoms with E-state index in [1.807, 2.05) is 40.9 Å². The predicted molar refractivity (Wildman–Crippen MR) is 116 cm³/mol. The Hall–Kier alpha value is -3.16. The van der Waals surface area contributed by atoms with Crippen LogP contribution >= 0.6 is 0 Å². The highest BCUT2D eigenvalue weighted by Crippen LogP contribution is 2.39. The number of fused-ring (bicyclic) bond motifs is 2. The molecule has 0 bridgehead atoms. The second-order valence-electron chi connectivity index (χ2n) is 8.84. The van der Waals surface area contributed by atoms with E-state index in [0.717, 1.165) is 23.0 Å². The normalized spacial score (nSPS) is 18.8. The average Bonchev–Trinajstić information content (AvgIpc) is 3.37. The number of hydrogen-bond acceptors (Lipinski definition) is 5. The van der Waals surface area contributed by atoms with Gasteiger partial charge in [0, 0.05) is 48.6 Å². The van der Waals surface area contributed by atoms with Crippen LogP contribution in [0.4, 0.5) is 0 Å². The molecule has 1 saturated heterocycles. The molecule has 1 atom stereocenters. The zero-order valence-corrected chi connectivity index (χ0v) is 18.1. The molecule has 1 N–H and O–H groups in total. The van der Waals surface area contributed by atoms with Crippen molar-refractivity contribution in [3.8, 4) is 5.75 Å². The quantitative estimate of drug-likeness (QED) is 0.696. The van der Waals surface area contributed by atoms with Crippen molar-refractivity contribution < 1.29 is 14.3 Å². The van der Waals surface area contributed by atoms with Crippen LogP contribution in [0.15, 0.2) is 24.4 Å². The first-order valence-corrected chi connectivity index (χ1v) is 10.9. The van der Waals surface area contributed by atoms with Crippen LogP contribution in [-0.4, -0.2) is 55.3 Å². The Labute approximate surface area is 180 Å². The molecule has 3 aromatic rings. The summed E-state index contributed by atoms with van der Waals surface area (Å²) in [7, 11) is 0. The molecule has 0 saturated carbocycles.